The van der Waals surface area contributed by atoms with E-state index in [2.05, 4.69) is 55.7 Å². The molecule has 0 unspecified atom stereocenters. The van der Waals surface area contributed by atoms with Gasteiger partial charge in [-0.25, -0.2) is 9.97 Å². The zero-order valence-corrected chi connectivity index (χ0v) is 14.3. The highest BCUT2D eigenvalue weighted by atomic mass is 15.1. The standard InChI is InChI=1S/C19H24N4/c1-12(2)18-22-17-13(3)11-14(4)21-19(17)23(18)16-7-5-15(6-8-16)9-10-20/h5-8,11-12H,9-10,20H2,1-4H3. The van der Waals surface area contributed by atoms with Gasteiger partial charge in [0.05, 0.1) is 0 Å². The second kappa shape index (κ2) is 6.13. The molecule has 2 heterocycles. The molecule has 0 saturated carbocycles. The lowest BCUT2D eigenvalue weighted by atomic mass is 10.1. The molecular weight excluding hydrogens is 284 g/mol. The maximum absolute atomic E-state index is 5.64. The molecule has 0 saturated heterocycles. The number of rotatable bonds is 4. The van der Waals surface area contributed by atoms with Gasteiger partial charge in [0.1, 0.15) is 11.3 Å². The molecule has 0 aliphatic rings. The minimum Gasteiger partial charge on any atom is -0.330 e. The highest BCUT2D eigenvalue weighted by Crippen LogP contribution is 2.27. The van der Waals surface area contributed by atoms with Crippen molar-refractivity contribution in [3.8, 4) is 5.69 Å². The molecular formula is C19H24N4. The van der Waals surface area contributed by atoms with E-state index >= 15 is 0 Å². The molecule has 0 aliphatic heterocycles. The molecule has 0 fully saturated rings. The van der Waals surface area contributed by atoms with E-state index in [0.29, 0.717) is 12.5 Å². The predicted molar refractivity (Wildman–Crippen MR) is 95.2 cm³/mol. The van der Waals surface area contributed by atoms with Crippen molar-refractivity contribution in [1.29, 1.82) is 0 Å². The van der Waals surface area contributed by atoms with Crippen molar-refractivity contribution >= 4 is 11.2 Å². The van der Waals surface area contributed by atoms with Crippen molar-refractivity contribution in [1.82, 2.24) is 14.5 Å². The van der Waals surface area contributed by atoms with Gasteiger partial charge in [0.15, 0.2) is 5.65 Å². The summed E-state index contributed by atoms with van der Waals surface area (Å²) >= 11 is 0. The minimum atomic E-state index is 0.327. The lowest BCUT2D eigenvalue weighted by Gasteiger charge is -2.12. The van der Waals surface area contributed by atoms with Crippen LogP contribution in [-0.4, -0.2) is 21.1 Å². The Balaban J connectivity index is 2.23. The molecule has 0 spiro atoms. The molecule has 3 aromatic rings. The summed E-state index contributed by atoms with van der Waals surface area (Å²) in [6.07, 6.45) is 0.901. The van der Waals surface area contributed by atoms with Gasteiger partial charge in [-0.1, -0.05) is 26.0 Å². The molecule has 4 nitrogen and oxygen atoms in total. The van der Waals surface area contributed by atoms with Gasteiger partial charge in [0.25, 0.3) is 0 Å². The van der Waals surface area contributed by atoms with Gasteiger partial charge in [0, 0.05) is 17.3 Å². The molecule has 0 bridgehead atoms. The van der Waals surface area contributed by atoms with Gasteiger partial charge < -0.3 is 5.73 Å². The SMILES string of the molecule is Cc1cc(C)c2nc(C(C)C)n(-c3ccc(CCN)cc3)c2n1. The van der Waals surface area contributed by atoms with Gasteiger partial charge in [-0.3, -0.25) is 4.57 Å². The van der Waals surface area contributed by atoms with Gasteiger partial charge in [-0.05, 0) is 56.1 Å². The van der Waals surface area contributed by atoms with Crippen LogP contribution in [0.4, 0.5) is 0 Å². The summed E-state index contributed by atoms with van der Waals surface area (Å²) in [5.41, 5.74) is 12.1. The molecule has 1 aromatic carbocycles. The summed E-state index contributed by atoms with van der Waals surface area (Å²) in [4.78, 5) is 9.62. The second-order valence-electron chi connectivity index (χ2n) is 6.42. The van der Waals surface area contributed by atoms with E-state index < -0.39 is 0 Å². The number of fused-ring (bicyclic) bond motifs is 1. The molecule has 23 heavy (non-hydrogen) atoms. The Labute approximate surface area is 137 Å². The first-order valence-corrected chi connectivity index (χ1v) is 8.17. The Hall–Kier alpha value is -2.20. The first kappa shape index (κ1) is 15.7. The lowest BCUT2D eigenvalue weighted by molar-refractivity contribution is 0.757. The molecule has 4 heteroatoms. The van der Waals surface area contributed by atoms with E-state index in [-0.39, 0.29) is 0 Å². The Kier molecular flexibility index (Phi) is 4.18. The largest absolute Gasteiger partial charge is 0.330 e. The van der Waals surface area contributed by atoms with Crippen LogP contribution in [-0.2, 0) is 6.42 Å². The first-order valence-electron chi connectivity index (χ1n) is 8.17. The van der Waals surface area contributed by atoms with Gasteiger partial charge in [0.2, 0.25) is 0 Å². The Bertz CT molecular complexity index is 829. The monoisotopic (exact) mass is 308 g/mol. The highest BCUT2D eigenvalue weighted by Gasteiger charge is 2.18. The summed E-state index contributed by atoms with van der Waals surface area (Å²) in [6.45, 7) is 9.14. The van der Waals surface area contributed by atoms with Crippen LogP contribution in [0.1, 0.15) is 42.4 Å². The molecule has 3 rings (SSSR count). The molecule has 120 valence electrons. The second-order valence-corrected chi connectivity index (χ2v) is 6.42. The fourth-order valence-corrected chi connectivity index (χ4v) is 3.00. The third kappa shape index (κ3) is 2.86. The highest BCUT2D eigenvalue weighted by molar-refractivity contribution is 5.78. The number of imidazole rings is 1. The van der Waals surface area contributed by atoms with E-state index in [1.807, 2.05) is 6.92 Å². The van der Waals surface area contributed by atoms with Crippen LogP contribution in [0.15, 0.2) is 30.3 Å². The number of aryl methyl sites for hydroxylation is 2. The van der Waals surface area contributed by atoms with E-state index in [9.17, 15) is 0 Å². The number of nitrogens with two attached hydrogens (primary N) is 1. The van der Waals surface area contributed by atoms with E-state index in [4.69, 9.17) is 15.7 Å². The maximum atomic E-state index is 5.64. The lowest BCUT2D eigenvalue weighted by Crippen LogP contribution is -2.05. The summed E-state index contributed by atoms with van der Waals surface area (Å²) in [7, 11) is 0. The average molecular weight is 308 g/mol. The van der Waals surface area contributed by atoms with Crippen LogP contribution in [0.3, 0.4) is 0 Å². The zero-order chi connectivity index (χ0) is 16.6. The van der Waals surface area contributed by atoms with Crippen LogP contribution >= 0.6 is 0 Å². The predicted octanol–water partition coefficient (Wildman–Crippen LogP) is 3.66. The summed E-state index contributed by atoms with van der Waals surface area (Å²) in [5.74, 6) is 1.38. The summed E-state index contributed by atoms with van der Waals surface area (Å²) in [5, 5.41) is 0. The number of hydrogen-bond donors (Lipinski definition) is 1. The molecule has 0 radical (unpaired) electrons. The van der Waals surface area contributed by atoms with Crippen molar-refractivity contribution in [2.45, 2.75) is 40.0 Å². The van der Waals surface area contributed by atoms with Crippen LogP contribution in [0.2, 0.25) is 0 Å². The Morgan fingerprint density at radius 1 is 1.09 bits per heavy atom. The van der Waals surface area contributed by atoms with Crippen molar-refractivity contribution in [2.24, 2.45) is 5.73 Å². The van der Waals surface area contributed by atoms with Gasteiger partial charge in [-0.15, -0.1) is 0 Å². The maximum Gasteiger partial charge on any atom is 0.165 e. The number of nitrogens with zero attached hydrogens (tertiary/aromatic N) is 3. The number of benzene rings is 1. The summed E-state index contributed by atoms with van der Waals surface area (Å²) < 4.78 is 2.19. The zero-order valence-electron chi connectivity index (χ0n) is 14.3. The van der Waals surface area contributed by atoms with E-state index in [1.165, 1.54) is 11.1 Å². The molecule has 0 atom stereocenters. The normalized spacial score (nSPS) is 11.6. The fourth-order valence-electron chi connectivity index (χ4n) is 3.00. The van der Waals surface area contributed by atoms with Crippen LogP contribution in [0.25, 0.3) is 16.9 Å². The molecule has 2 aromatic heterocycles. The van der Waals surface area contributed by atoms with Crippen LogP contribution < -0.4 is 5.73 Å². The van der Waals surface area contributed by atoms with Gasteiger partial charge in [-0.2, -0.15) is 0 Å². The first-order chi connectivity index (χ1) is 11.0. The quantitative estimate of drug-likeness (QED) is 0.800. The van der Waals surface area contributed by atoms with Crippen molar-refractivity contribution < 1.29 is 0 Å². The summed E-state index contributed by atoms with van der Waals surface area (Å²) in [6, 6.07) is 10.6. The number of aromatic nitrogens is 3. The van der Waals surface area contributed by atoms with E-state index in [0.717, 1.165) is 34.8 Å². The van der Waals surface area contributed by atoms with Gasteiger partial charge >= 0.3 is 0 Å². The number of pyridine rings is 1. The smallest absolute Gasteiger partial charge is 0.165 e. The van der Waals surface area contributed by atoms with Crippen molar-refractivity contribution in [3.05, 3.63) is 53.0 Å². The average Bonchev–Trinajstić information content (AvgIpc) is 2.88. The van der Waals surface area contributed by atoms with E-state index in [1.54, 1.807) is 0 Å². The third-order valence-corrected chi connectivity index (χ3v) is 4.10. The Morgan fingerprint density at radius 2 is 1.78 bits per heavy atom. The molecule has 0 amide bonds. The topological polar surface area (TPSA) is 56.7 Å². The molecule has 0 aliphatic carbocycles. The van der Waals surface area contributed by atoms with Crippen molar-refractivity contribution in [2.75, 3.05) is 6.54 Å². The fraction of sp³-hybridized carbons (Fsp3) is 0.368. The third-order valence-electron chi connectivity index (χ3n) is 4.10. The Morgan fingerprint density at radius 3 is 2.39 bits per heavy atom. The molecule has 2 N–H and O–H groups in total. The van der Waals surface area contributed by atoms with Crippen LogP contribution in [0, 0.1) is 13.8 Å². The number of hydrogen-bond acceptors (Lipinski definition) is 3. The van der Waals surface area contributed by atoms with Crippen molar-refractivity contribution in [3.63, 3.8) is 0 Å². The minimum absolute atomic E-state index is 0.327. The van der Waals surface area contributed by atoms with Crippen LogP contribution in [0.5, 0.6) is 0 Å².